The molecule has 5 heteroatoms. The molecule has 1 aromatic heterocycles. The van der Waals surface area contributed by atoms with Gasteiger partial charge in [0.1, 0.15) is 0 Å². The zero-order chi connectivity index (χ0) is 5.98. The summed E-state index contributed by atoms with van der Waals surface area (Å²) in [7, 11) is 0. The Kier molecular flexibility index (Phi) is 1.13. The predicted molar refractivity (Wildman–Crippen MR) is 23.4 cm³/mol. The molecule has 0 radical (unpaired) electrons. The average molecular weight is 115 g/mol. The van der Waals surface area contributed by atoms with Crippen molar-refractivity contribution < 1.29 is 9.53 Å². The maximum absolute atomic E-state index is 10.3. The summed E-state index contributed by atoms with van der Waals surface area (Å²) >= 11 is 0. The monoisotopic (exact) mass is 115 g/mol. The van der Waals surface area contributed by atoms with E-state index in [2.05, 4.69) is 9.79 Å². The summed E-state index contributed by atoms with van der Waals surface area (Å²) in [6, 6.07) is 0. The van der Waals surface area contributed by atoms with Crippen molar-refractivity contribution in [2.24, 2.45) is 5.73 Å². The summed E-state index contributed by atoms with van der Waals surface area (Å²) in [5, 5.41) is 13.4. The Hall–Kier alpha value is -1.10. The van der Waals surface area contributed by atoms with Gasteiger partial charge in [-0.15, -0.1) is 0 Å². The predicted octanol–water partition coefficient (Wildman–Crippen LogP) is -1.23. The van der Waals surface area contributed by atoms with E-state index < -0.39 is 0 Å². The van der Waals surface area contributed by atoms with E-state index in [1.54, 1.807) is 0 Å². The summed E-state index contributed by atoms with van der Waals surface area (Å²) < 4.78 is 4.09. The summed E-state index contributed by atoms with van der Waals surface area (Å²) in [5.74, 6) is 0. The van der Waals surface area contributed by atoms with Crippen LogP contribution >= 0.6 is 0 Å². The van der Waals surface area contributed by atoms with E-state index >= 15 is 0 Å². The zero-order valence-electron chi connectivity index (χ0n) is 4.07. The molecule has 0 aromatic carbocycles. The number of nitrogens with two attached hydrogens (primary N) is 1. The quantitative estimate of drug-likeness (QED) is 0.464. The van der Waals surface area contributed by atoms with Crippen LogP contribution in [0.5, 0.6) is 0 Å². The Morgan fingerprint density at radius 2 is 2.75 bits per heavy atom. The molecule has 0 amide bonds. The average Bonchev–Trinajstić information content (AvgIpc) is 2.14. The molecule has 0 bridgehead atoms. The second-order valence-electron chi connectivity index (χ2n) is 1.27. The van der Waals surface area contributed by atoms with Crippen LogP contribution in [0, 0.1) is 5.21 Å². The smallest absolute Gasteiger partial charge is 0.210 e. The summed E-state index contributed by atoms with van der Waals surface area (Å²) in [6.07, 6.45) is 1.28. The molecule has 0 aliphatic rings. The first-order valence-corrected chi connectivity index (χ1v) is 2.08. The van der Waals surface area contributed by atoms with E-state index in [0.717, 1.165) is 0 Å². The zero-order valence-corrected chi connectivity index (χ0v) is 4.07. The van der Waals surface area contributed by atoms with Crippen molar-refractivity contribution in [3.05, 3.63) is 17.1 Å². The van der Waals surface area contributed by atoms with Crippen molar-refractivity contribution in [3.8, 4) is 0 Å². The first-order chi connectivity index (χ1) is 3.84. The maximum Gasteiger partial charge on any atom is 0.210 e. The van der Waals surface area contributed by atoms with Gasteiger partial charge >= 0.3 is 0 Å². The molecule has 0 saturated heterocycles. The highest BCUT2D eigenvalue weighted by molar-refractivity contribution is 4.80. The molecular formula is C3H5N3O2. The Morgan fingerprint density at radius 3 is 3.00 bits per heavy atom. The van der Waals surface area contributed by atoms with Gasteiger partial charge in [0.15, 0.2) is 0 Å². The van der Waals surface area contributed by atoms with E-state index in [-0.39, 0.29) is 11.4 Å². The highest BCUT2D eigenvalue weighted by Gasteiger charge is 2.00. The van der Waals surface area contributed by atoms with Crippen molar-refractivity contribution >= 4 is 0 Å². The summed E-state index contributed by atoms with van der Waals surface area (Å²) in [5.41, 5.74) is 5.41. The lowest BCUT2D eigenvalue weighted by Gasteiger charge is -1.85. The van der Waals surface area contributed by atoms with Crippen LogP contribution in [0.15, 0.2) is 10.8 Å². The van der Waals surface area contributed by atoms with Crippen LogP contribution in [-0.4, -0.2) is 5.16 Å². The number of nitrogens with zero attached hydrogens (tertiary/aromatic N) is 2. The van der Waals surface area contributed by atoms with Gasteiger partial charge in [-0.1, -0.05) is 0 Å². The second kappa shape index (κ2) is 1.79. The van der Waals surface area contributed by atoms with Crippen LogP contribution in [-0.2, 0) is 6.54 Å². The molecule has 8 heavy (non-hydrogen) atoms. The summed E-state index contributed by atoms with van der Waals surface area (Å²) in [4.78, 5) is 0.278. The van der Waals surface area contributed by atoms with Crippen molar-refractivity contribution in [2.75, 3.05) is 0 Å². The fourth-order valence-electron chi connectivity index (χ4n) is 0.354. The van der Waals surface area contributed by atoms with Crippen LogP contribution < -0.4 is 10.6 Å². The highest BCUT2D eigenvalue weighted by atomic mass is 16.8. The van der Waals surface area contributed by atoms with Gasteiger partial charge in [0.05, 0.1) is 6.54 Å². The number of hydrogen-bond acceptors (Lipinski definition) is 4. The Balaban J connectivity index is 2.92. The van der Waals surface area contributed by atoms with E-state index in [0.29, 0.717) is 5.69 Å². The number of hydrogen-bond donors (Lipinski definition) is 1. The molecule has 1 aromatic rings. The third-order valence-electron chi connectivity index (χ3n) is 0.767. The van der Waals surface area contributed by atoms with Crippen molar-refractivity contribution in [2.45, 2.75) is 6.54 Å². The van der Waals surface area contributed by atoms with Gasteiger partial charge in [0.25, 0.3) is 0 Å². The minimum Gasteiger partial charge on any atom is -0.359 e. The van der Waals surface area contributed by atoms with Gasteiger partial charge < -0.3 is 10.9 Å². The van der Waals surface area contributed by atoms with Crippen LogP contribution in [0.1, 0.15) is 5.69 Å². The second-order valence-corrected chi connectivity index (χ2v) is 1.27. The largest absolute Gasteiger partial charge is 0.359 e. The summed E-state index contributed by atoms with van der Waals surface area (Å²) in [6.45, 7) is 0.160. The van der Waals surface area contributed by atoms with Crippen molar-refractivity contribution in [3.63, 3.8) is 0 Å². The van der Waals surface area contributed by atoms with E-state index in [4.69, 9.17) is 5.73 Å². The van der Waals surface area contributed by atoms with Gasteiger partial charge in [0, 0.05) is 5.16 Å². The fraction of sp³-hybridized carbons (Fsp3) is 0.333. The Labute approximate surface area is 45.2 Å². The molecule has 0 fully saturated rings. The van der Waals surface area contributed by atoms with Gasteiger partial charge in [-0.25, -0.2) is 0 Å². The van der Waals surface area contributed by atoms with Crippen LogP contribution in [0.2, 0.25) is 0 Å². The SMILES string of the molecule is NCc1cno[n+]1[O-]. The topological polar surface area (TPSA) is 79.0 Å². The molecule has 0 atom stereocenters. The van der Waals surface area contributed by atoms with E-state index in [1.165, 1.54) is 6.20 Å². The Bertz CT molecular complexity index is 173. The standard InChI is InChI=1S/C3H5N3O2/c4-1-3-2-5-8-6(3)7/h2H,1,4H2. The first kappa shape index (κ1) is 5.04. The maximum atomic E-state index is 10.3. The molecular weight excluding hydrogens is 110 g/mol. The van der Waals surface area contributed by atoms with Crippen LogP contribution in [0.3, 0.4) is 0 Å². The van der Waals surface area contributed by atoms with Crippen molar-refractivity contribution in [1.82, 2.24) is 5.16 Å². The highest BCUT2D eigenvalue weighted by Crippen LogP contribution is 1.81. The minimum atomic E-state index is 0.160. The molecule has 0 aliphatic carbocycles. The molecule has 1 rings (SSSR count). The van der Waals surface area contributed by atoms with Crippen molar-refractivity contribution in [1.29, 1.82) is 0 Å². The molecule has 0 saturated carbocycles. The minimum absolute atomic E-state index is 0.160. The molecule has 0 unspecified atom stereocenters. The molecule has 44 valence electrons. The number of aromatic nitrogens is 2. The fourth-order valence-corrected chi connectivity index (χ4v) is 0.354. The van der Waals surface area contributed by atoms with Gasteiger partial charge in [-0.3, -0.25) is 4.63 Å². The first-order valence-electron chi connectivity index (χ1n) is 2.08. The van der Waals surface area contributed by atoms with Gasteiger partial charge in [-0.05, 0) is 4.90 Å². The lowest BCUT2D eigenvalue weighted by molar-refractivity contribution is -0.807. The normalized spacial score (nSPS) is 9.62. The third-order valence-corrected chi connectivity index (χ3v) is 0.767. The van der Waals surface area contributed by atoms with Gasteiger partial charge in [0.2, 0.25) is 11.9 Å². The molecule has 0 aliphatic heterocycles. The molecule has 1 heterocycles. The molecule has 5 nitrogen and oxygen atoms in total. The van der Waals surface area contributed by atoms with Crippen LogP contribution in [0.4, 0.5) is 0 Å². The lowest BCUT2D eigenvalue weighted by Crippen LogP contribution is -2.29. The Morgan fingerprint density at radius 1 is 2.00 bits per heavy atom. The van der Waals surface area contributed by atoms with E-state index in [9.17, 15) is 5.21 Å². The lowest BCUT2D eigenvalue weighted by atomic mass is 10.5. The molecule has 0 spiro atoms. The third kappa shape index (κ3) is 0.627. The van der Waals surface area contributed by atoms with Crippen LogP contribution in [0.25, 0.3) is 0 Å². The van der Waals surface area contributed by atoms with Gasteiger partial charge in [-0.2, -0.15) is 0 Å². The number of rotatable bonds is 1. The van der Waals surface area contributed by atoms with E-state index in [1.807, 2.05) is 0 Å². The molecule has 2 N–H and O–H groups in total.